The summed E-state index contributed by atoms with van der Waals surface area (Å²) >= 11 is 6.68. The van der Waals surface area contributed by atoms with E-state index in [9.17, 15) is 0 Å². The van der Waals surface area contributed by atoms with Crippen molar-refractivity contribution in [2.45, 2.75) is 43.2 Å². The van der Waals surface area contributed by atoms with E-state index < -0.39 is 5.31 Å². The number of fused-ring (bicyclic) bond motifs is 1. The molecule has 4 aromatic rings. The summed E-state index contributed by atoms with van der Waals surface area (Å²) < 4.78 is 0. The molecule has 0 fully saturated rings. The number of benzene rings is 4. The van der Waals surface area contributed by atoms with E-state index in [4.69, 9.17) is 0 Å². The molecule has 0 radical (unpaired) electrons. The zero-order chi connectivity index (χ0) is 23.8. The number of hydrogen-bond donors (Lipinski definition) is 0. The first-order valence-electron chi connectivity index (χ1n) is 12.0. The second-order valence-corrected chi connectivity index (χ2v) is 20.0. The van der Waals surface area contributed by atoms with E-state index in [2.05, 4.69) is 145 Å². The van der Waals surface area contributed by atoms with Gasteiger partial charge in [-0.2, -0.15) is 0 Å². The molecular formula is C31H32BrPS. The standard InChI is InChI=1S/C31H32BrPS/c1-24(25-19-20-29-30(23-25)34-22-21-31(29,2)3)33(32,26-13-7-4-8-14-26,27-15-9-5-10-16-27)28-17-11-6-12-18-28/h4-20,23-24H,21-22H2,1-3H3. The molecular weight excluding hydrogens is 515 g/mol. The Morgan fingerprint density at radius 2 is 1.21 bits per heavy atom. The monoisotopic (exact) mass is 546 g/mol. The first-order chi connectivity index (χ1) is 16.4. The summed E-state index contributed by atoms with van der Waals surface area (Å²) in [6.45, 7) is 7.20. The molecule has 5 rings (SSSR count). The first-order valence-corrected chi connectivity index (χ1v) is 17.3. The third-order valence-electron chi connectivity index (χ3n) is 7.71. The van der Waals surface area contributed by atoms with Crippen LogP contribution >= 0.6 is 32.6 Å². The Balaban J connectivity index is 1.83. The third kappa shape index (κ3) is 3.62. The maximum absolute atomic E-state index is 4.66. The van der Waals surface area contributed by atoms with Gasteiger partial charge in [-0.25, -0.2) is 0 Å². The molecule has 34 heavy (non-hydrogen) atoms. The summed E-state index contributed by atoms with van der Waals surface area (Å²) in [5, 5.41) is 1.02. The van der Waals surface area contributed by atoms with Gasteiger partial charge in [-0.3, -0.25) is 0 Å². The van der Waals surface area contributed by atoms with Crippen LogP contribution in [0.5, 0.6) is 0 Å². The average molecular weight is 548 g/mol. The Bertz CT molecular complexity index is 1190. The third-order valence-corrected chi connectivity index (χ3v) is 20.0. The van der Waals surface area contributed by atoms with Crippen LogP contribution < -0.4 is 15.9 Å². The van der Waals surface area contributed by atoms with Crippen molar-refractivity contribution in [3.63, 3.8) is 0 Å². The Kier molecular flexibility index (Phi) is 6.30. The van der Waals surface area contributed by atoms with E-state index in [1.165, 1.54) is 44.1 Å². The van der Waals surface area contributed by atoms with Gasteiger partial charge < -0.3 is 0 Å². The van der Waals surface area contributed by atoms with Crippen molar-refractivity contribution in [3.8, 4) is 0 Å². The van der Waals surface area contributed by atoms with Gasteiger partial charge in [0.05, 0.1) is 0 Å². The van der Waals surface area contributed by atoms with E-state index in [-0.39, 0.29) is 11.1 Å². The topological polar surface area (TPSA) is 0 Å². The molecule has 0 bridgehead atoms. The van der Waals surface area contributed by atoms with Crippen LogP contribution in [0.2, 0.25) is 0 Å². The number of rotatable bonds is 5. The summed E-state index contributed by atoms with van der Waals surface area (Å²) in [5.41, 5.74) is 3.37. The van der Waals surface area contributed by atoms with Crippen LogP contribution in [0.4, 0.5) is 0 Å². The van der Waals surface area contributed by atoms with Crippen LogP contribution in [0.25, 0.3) is 0 Å². The SMILES string of the molecule is CC(c1ccc2c(c1)SCCC2(C)C)P(Br)(c1ccccc1)(c1ccccc1)c1ccccc1. The molecule has 1 aliphatic rings. The van der Waals surface area contributed by atoms with E-state index >= 15 is 0 Å². The van der Waals surface area contributed by atoms with Gasteiger partial charge in [-0.05, 0) is 0 Å². The minimum atomic E-state index is -3.07. The molecule has 0 aromatic heterocycles. The molecule has 0 spiro atoms. The van der Waals surface area contributed by atoms with Crippen molar-refractivity contribution in [1.29, 1.82) is 0 Å². The fourth-order valence-electron chi connectivity index (χ4n) is 5.58. The second kappa shape index (κ2) is 8.98. The first kappa shape index (κ1) is 23.9. The summed E-state index contributed by atoms with van der Waals surface area (Å²) in [6.07, 6.45) is 1.23. The van der Waals surface area contributed by atoms with Gasteiger partial charge in [0.15, 0.2) is 0 Å². The minimum absolute atomic E-state index is 0.237. The molecule has 1 aliphatic heterocycles. The van der Waals surface area contributed by atoms with Crippen LogP contribution in [0.3, 0.4) is 0 Å². The van der Waals surface area contributed by atoms with E-state index in [1.807, 2.05) is 11.8 Å². The molecule has 0 N–H and O–H groups in total. The predicted octanol–water partition coefficient (Wildman–Crippen LogP) is 8.36. The Morgan fingerprint density at radius 3 is 1.68 bits per heavy atom. The maximum atomic E-state index is 4.66. The van der Waals surface area contributed by atoms with E-state index in [0.717, 1.165) is 0 Å². The average Bonchev–Trinajstić information content (AvgIpc) is 2.89. The molecule has 3 heteroatoms. The quantitative estimate of drug-likeness (QED) is 0.226. The van der Waals surface area contributed by atoms with E-state index in [1.54, 1.807) is 0 Å². The molecule has 0 nitrogen and oxygen atoms in total. The molecule has 0 saturated carbocycles. The molecule has 174 valence electrons. The second-order valence-electron chi connectivity index (χ2n) is 9.99. The molecule has 1 heterocycles. The summed E-state index contributed by atoms with van der Waals surface area (Å²) in [5.74, 6) is 1.19. The van der Waals surface area contributed by atoms with Gasteiger partial charge >= 0.3 is 218 Å². The molecule has 1 unspecified atom stereocenters. The fourth-order valence-corrected chi connectivity index (χ4v) is 15.2. The fraction of sp³-hybridized carbons (Fsp3) is 0.226. The number of hydrogen-bond acceptors (Lipinski definition) is 1. The van der Waals surface area contributed by atoms with Crippen molar-refractivity contribution in [3.05, 3.63) is 120 Å². The van der Waals surface area contributed by atoms with Crippen LogP contribution in [0.15, 0.2) is 114 Å². The van der Waals surface area contributed by atoms with Gasteiger partial charge in [-0.15, -0.1) is 0 Å². The van der Waals surface area contributed by atoms with Gasteiger partial charge in [0.1, 0.15) is 0 Å². The van der Waals surface area contributed by atoms with Crippen LogP contribution in [-0.2, 0) is 5.41 Å². The predicted molar refractivity (Wildman–Crippen MR) is 157 cm³/mol. The Labute approximate surface area is 216 Å². The van der Waals surface area contributed by atoms with Crippen molar-refractivity contribution >= 4 is 48.5 Å². The van der Waals surface area contributed by atoms with Gasteiger partial charge in [-0.1, -0.05) is 0 Å². The van der Waals surface area contributed by atoms with Gasteiger partial charge in [0.25, 0.3) is 0 Å². The number of thioether (sulfide) groups is 1. The van der Waals surface area contributed by atoms with Crippen molar-refractivity contribution in [2.24, 2.45) is 0 Å². The van der Waals surface area contributed by atoms with Crippen molar-refractivity contribution < 1.29 is 0 Å². The van der Waals surface area contributed by atoms with Crippen molar-refractivity contribution in [1.82, 2.24) is 0 Å². The van der Waals surface area contributed by atoms with E-state index in [0.29, 0.717) is 0 Å². The van der Waals surface area contributed by atoms with Gasteiger partial charge in [0.2, 0.25) is 0 Å². The normalized spacial score (nSPS) is 17.2. The summed E-state index contributed by atoms with van der Waals surface area (Å²) in [4.78, 5) is 1.45. The molecule has 0 amide bonds. The van der Waals surface area contributed by atoms with Crippen LogP contribution in [0, 0.1) is 0 Å². The Morgan fingerprint density at radius 1 is 0.735 bits per heavy atom. The van der Waals surface area contributed by atoms with Crippen LogP contribution in [-0.4, -0.2) is 5.75 Å². The Hall–Kier alpha value is -1.86. The molecule has 0 aliphatic carbocycles. The molecule has 1 atom stereocenters. The van der Waals surface area contributed by atoms with Crippen molar-refractivity contribution in [2.75, 3.05) is 5.75 Å². The zero-order valence-corrected chi connectivity index (χ0v) is 23.4. The molecule has 4 aromatic carbocycles. The summed E-state index contributed by atoms with van der Waals surface area (Å²) in [7, 11) is 0. The zero-order valence-electron chi connectivity index (χ0n) is 20.1. The van der Waals surface area contributed by atoms with Gasteiger partial charge in [0, 0.05) is 0 Å². The molecule has 0 saturated heterocycles. The van der Waals surface area contributed by atoms with Crippen LogP contribution in [0.1, 0.15) is 44.0 Å². The number of halogens is 1. The summed E-state index contributed by atoms with van der Waals surface area (Å²) in [6, 6.07) is 40.7.